The Balaban J connectivity index is 2.37. The Hall–Kier alpha value is -1.67. The molecule has 0 heterocycles. The molecule has 0 amide bonds. The first kappa shape index (κ1) is 11.8. The van der Waals surface area contributed by atoms with Gasteiger partial charge in [0.25, 0.3) is 0 Å². The molecular weight excluding hydrogens is 215 g/mol. The molecule has 0 saturated carbocycles. The zero-order valence-corrected chi connectivity index (χ0v) is 9.73. The summed E-state index contributed by atoms with van der Waals surface area (Å²) in [5.41, 5.74) is 2.19. The van der Waals surface area contributed by atoms with E-state index in [1.54, 1.807) is 18.2 Å². The molecule has 1 nitrogen and oxygen atoms in total. The molecule has 0 aliphatic rings. The molecule has 0 saturated heterocycles. The van der Waals surface area contributed by atoms with Gasteiger partial charge in [0.05, 0.1) is 0 Å². The van der Waals surface area contributed by atoms with Crippen LogP contribution in [0.2, 0.25) is 0 Å². The summed E-state index contributed by atoms with van der Waals surface area (Å²) in [4.78, 5) is 0. The van der Waals surface area contributed by atoms with Gasteiger partial charge in [0.15, 0.2) is 0 Å². The minimum Gasteiger partial charge on any atom is -0.384 e. The third-order valence-electron chi connectivity index (χ3n) is 2.87. The van der Waals surface area contributed by atoms with E-state index in [1.807, 2.05) is 24.3 Å². The fourth-order valence-corrected chi connectivity index (χ4v) is 1.86. The molecule has 0 aromatic heterocycles. The largest absolute Gasteiger partial charge is 0.384 e. The van der Waals surface area contributed by atoms with E-state index in [0.29, 0.717) is 5.56 Å². The topological polar surface area (TPSA) is 20.2 Å². The summed E-state index contributed by atoms with van der Waals surface area (Å²) >= 11 is 0. The monoisotopic (exact) mass is 230 g/mol. The minimum absolute atomic E-state index is 0.320. The highest BCUT2D eigenvalue weighted by Crippen LogP contribution is 2.24. The Bertz CT molecular complexity index is 508. The van der Waals surface area contributed by atoms with Crippen molar-refractivity contribution in [3.8, 4) is 0 Å². The van der Waals surface area contributed by atoms with Crippen LogP contribution in [0.3, 0.4) is 0 Å². The predicted octanol–water partition coefficient (Wildman–Crippen LogP) is 3.47. The number of aryl methyl sites for hydroxylation is 1. The Morgan fingerprint density at radius 1 is 1.12 bits per heavy atom. The first-order valence-corrected chi connectivity index (χ1v) is 5.73. The SMILES string of the molecule is CCc1cccc(C(O)c2ccccc2F)c1. The van der Waals surface area contributed by atoms with Gasteiger partial charge < -0.3 is 5.11 Å². The molecule has 0 radical (unpaired) electrons. The second-order valence-corrected chi connectivity index (χ2v) is 4.02. The van der Waals surface area contributed by atoms with Crippen molar-refractivity contribution >= 4 is 0 Å². The molecular formula is C15H15FO. The summed E-state index contributed by atoms with van der Waals surface area (Å²) in [7, 11) is 0. The highest BCUT2D eigenvalue weighted by atomic mass is 19.1. The van der Waals surface area contributed by atoms with Gasteiger partial charge in [-0.1, -0.05) is 49.4 Å². The summed E-state index contributed by atoms with van der Waals surface area (Å²) in [6.07, 6.45) is 0.000349. The van der Waals surface area contributed by atoms with Crippen LogP contribution in [0.25, 0.3) is 0 Å². The summed E-state index contributed by atoms with van der Waals surface area (Å²) in [6.45, 7) is 2.05. The lowest BCUT2D eigenvalue weighted by atomic mass is 9.99. The van der Waals surface area contributed by atoms with Gasteiger partial charge in [0.2, 0.25) is 0 Å². The third kappa shape index (κ3) is 2.53. The van der Waals surface area contributed by atoms with Gasteiger partial charge in [-0.15, -0.1) is 0 Å². The number of hydrogen-bond donors (Lipinski definition) is 1. The van der Waals surface area contributed by atoms with Crippen molar-refractivity contribution < 1.29 is 9.50 Å². The molecule has 0 bridgehead atoms. The first-order valence-electron chi connectivity index (χ1n) is 5.73. The minimum atomic E-state index is -0.900. The van der Waals surface area contributed by atoms with Gasteiger partial charge >= 0.3 is 0 Å². The van der Waals surface area contributed by atoms with Gasteiger partial charge in [-0.25, -0.2) is 4.39 Å². The van der Waals surface area contributed by atoms with Gasteiger partial charge in [0.1, 0.15) is 11.9 Å². The molecule has 2 heteroatoms. The fraction of sp³-hybridized carbons (Fsp3) is 0.200. The average molecular weight is 230 g/mol. The smallest absolute Gasteiger partial charge is 0.129 e. The summed E-state index contributed by atoms with van der Waals surface area (Å²) in [5.74, 6) is -0.373. The van der Waals surface area contributed by atoms with Crippen LogP contribution in [-0.2, 0) is 6.42 Å². The van der Waals surface area contributed by atoms with Crippen LogP contribution in [0.5, 0.6) is 0 Å². The molecule has 17 heavy (non-hydrogen) atoms. The molecule has 0 spiro atoms. The Morgan fingerprint density at radius 2 is 1.88 bits per heavy atom. The van der Waals surface area contributed by atoms with E-state index >= 15 is 0 Å². The highest BCUT2D eigenvalue weighted by Gasteiger charge is 2.14. The van der Waals surface area contributed by atoms with Gasteiger partial charge in [0, 0.05) is 5.56 Å². The molecule has 88 valence electrons. The predicted molar refractivity (Wildman–Crippen MR) is 66.3 cm³/mol. The number of rotatable bonds is 3. The van der Waals surface area contributed by atoms with Crippen LogP contribution in [0, 0.1) is 5.82 Å². The van der Waals surface area contributed by atoms with Crippen LogP contribution in [0.4, 0.5) is 4.39 Å². The van der Waals surface area contributed by atoms with Crippen LogP contribution in [-0.4, -0.2) is 5.11 Å². The maximum atomic E-state index is 13.5. The molecule has 2 rings (SSSR count). The zero-order chi connectivity index (χ0) is 12.3. The molecule has 2 aromatic rings. The second-order valence-electron chi connectivity index (χ2n) is 4.02. The Morgan fingerprint density at radius 3 is 2.59 bits per heavy atom. The van der Waals surface area contributed by atoms with Crippen molar-refractivity contribution in [1.29, 1.82) is 0 Å². The number of halogens is 1. The van der Waals surface area contributed by atoms with E-state index in [9.17, 15) is 9.50 Å². The van der Waals surface area contributed by atoms with E-state index in [4.69, 9.17) is 0 Å². The number of aliphatic hydroxyl groups is 1. The standard InChI is InChI=1S/C15H15FO/c1-2-11-6-5-7-12(10-11)15(17)13-8-3-4-9-14(13)16/h3-10,15,17H,2H2,1H3. The van der Waals surface area contributed by atoms with E-state index in [-0.39, 0.29) is 5.82 Å². The van der Waals surface area contributed by atoms with Crippen molar-refractivity contribution in [2.75, 3.05) is 0 Å². The lowest BCUT2D eigenvalue weighted by Crippen LogP contribution is -2.02. The molecule has 1 N–H and O–H groups in total. The summed E-state index contributed by atoms with van der Waals surface area (Å²) in [6, 6.07) is 13.9. The summed E-state index contributed by atoms with van der Waals surface area (Å²) in [5, 5.41) is 10.2. The van der Waals surface area contributed by atoms with Gasteiger partial charge in [-0.2, -0.15) is 0 Å². The summed E-state index contributed by atoms with van der Waals surface area (Å²) < 4.78 is 13.5. The lowest BCUT2D eigenvalue weighted by Gasteiger charge is -2.13. The van der Waals surface area contributed by atoms with Crippen molar-refractivity contribution in [1.82, 2.24) is 0 Å². The van der Waals surface area contributed by atoms with Crippen molar-refractivity contribution in [3.63, 3.8) is 0 Å². The number of benzene rings is 2. The van der Waals surface area contributed by atoms with Crippen LogP contribution in [0.1, 0.15) is 29.7 Å². The number of hydrogen-bond acceptors (Lipinski definition) is 1. The molecule has 1 atom stereocenters. The maximum absolute atomic E-state index is 13.5. The normalized spacial score (nSPS) is 12.4. The van der Waals surface area contributed by atoms with Crippen LogP contribution in [0.15, 0.2) is 48.5 Å². The quantitative estimate of drug-likeness (QED) is 0.856. The van der Waals surface area contributed by atoms with Crippen LogP contribution < -0.4 is 0 Å². The molecule has 0 aliphatic carbocycles. The average Bonchev–Trinajstić information content (AvgIpc) is 2.38. The Labute approximate surface area is 101 Å². The van der Waals surface area contributed by atoms with Crippen molar-refractivity contribution in [2.45, 2.75) is 19.4 Å². The molecule has 1 unspecified atom stereocenters. The number of aliphatic hydroxyl groups excluding tert-OH is 1. The first-order chi connectivity index (χ1) is 8.22. The van der Waals surface area contributed by atoms with E-state index in [2.05, 4.69) is 6.92 Å². The molecule has 2 aromatic carbocycles. The molecule has 0 aliphatic heterocycles. The molecule has 0 fully saturated rings. The highest BCUT2D eigenvalue weighted by molar-refractivity contribution is 5.33. The van der Waals surface area contributed by atoms with E-state index < -0.39 is 6.10 Å². The van der Waals surface area contributed by atoms with Crippen LogP contribution >= 0.6 is 0 Å². The van der Waals surface area contributed by atoms with Crippen molar-refractivity contribution in [3.05, 3.63) is 71.0 Å². The Kier molecular flexibility index (Phi) is 3.55. The van der Waals surface area contributed by atoms with E-state index in [1.165, 1.54) is 6.07 Å². The fourth-order valence-electron chi connectivity index (χ4n) is 1.86. The lowest BCUT2D eigenvalue weighted by molar-refractivity contribution is 0.215. The zero-order valence-electron chi connectivity index (χ0n) is 9.73. The third-order valence-corrected chi connectivity index (χ3v) is 2.87. The second kappa shape index (κ2) is 5.11. The van der Waals surface area contributed by atoms with Gasteiger partial charge in [-0.05, 0) is 23.6 Å². The van der Waals surface area contributed by atoms with E-state index in [0.717, 1.165) is 17.5 Å². The van der Waals surface area contributed by atoms with Gasteiger partial charge in [-0.3, -0.25) is 0 Å². The van der Waals surface area contributed by atoms with Crippen molar-refractivity contribution in [2.24, 2.45) is 0 Å². The maximum Gasteiger partial charge on any atom is 0.129 e.